The number of hydrogen-bond donors (Lipinski definition) is 1. The molecule has 0 atom stereocenters. The van der Waals surface area contributed by atoms with Crippen LogP contribution in [0, 0.1) is 17.1 Å². The van der Waals surface area contributed by atoms with Crippen LogP contribution in [0.3, 0.4) is 0 Å². The summed E-state index contributed by atoms with van der Waals surface area (Å²) in [4.78, 5) is 19.7. The average Bonchev–Trinajstić information content (AvgIpc) is 2.87. The number of halogens is 1. The lowest BCUT2D eigenvalue weighted by Crippen LogP contribution is -2.14. The maximum Gasteiger partial charge on any atom is 0.270 e. The second kappa shape index (κ2) is 10.7. The van der Waals surface area contributed by atoms with Gasteiger partial charge in [0.05, 0.1) is 12.8 Å². The van der Waals surface area contributed by atoms with Crippen LogP contribution in [0.5, 0.6) is 11.5 Å². The van der Waals surface area contributed by atoms with Gasteiger partial charge in [0.15, 0.2) is 16.7 Å². The second-order valence-electron chi connectivity index (χ2n) is 7.26. The fourth-order valence-electron chi connectivity index (χ4n) is 3.24. The minimum absolute atomic E-state index is 0.0915. The molecule has 0 saturated carbocycles. The SMILES string of the molecule is COc1cc(-c2nc(SCc3ccc(F)cc3)[nH]c(=O)c2C#N)ccc1OCc1ccccc1. The van der Waals surface area contributed by atoms with E-state index in [0.717, 1.165) is 11.1 Å². The van der Waals surface area contributed by atoms with Crippen LogP contribution in [-0.2, 0) is 12.4 Å². The molecular formula is C26H20FN3O3S. The van der Waals surface area contributed by atoms with Gasteiger partial charge in [-0.15, -0.1) is 0 Å². The molecule has 0 spiro atoms. The number of hydrogen-bond acceptors (Lipinski definition) is 6. The Kier molecular flexibility index (Phi) is 7.25. The van der Waals surface area contributed by atoms with Gasteiger partial charge in [-0.1, -0.05) is 54.2 Å². The smallest absolute Gasteiger partial charge is 0.270 e. The number of benzene rings is 3. The fourth-order valence-corrected chi connectivity index (χ4v) is 4.05. The number of nitrogens with zero attached hydrogens (tertiary/aromatic N) is 2. The summed E-state index contributed by atoms with van der Waals surface area (Å²) in [5.41, 5.74) is 2.07. The zero-order valence-corrected chi connectivity index (χ0v) is 19.1. The summed E-state index contributed by atoms with van der Waals surface area (Å²) in [6.45, 7) is 0.368. The first-order valence-corrected chi connectivity index (χ1v) is 11.3. The molecule has 0 bridgehead atoms. The van der Waals surface area contributed by atoms with Crippen molar-refractivity contribution in [2.45, 2.75) is 17.5 Å². The van der Waals surface area contributed by atoms with E-state index in [1.165, 1.54) is 31.0 Å². The molecule has 0 aliphatic rings. The summed E-state index contributed by atoms with van der Waals surface area (Å²) >= 11 is 1.29. The van der Waals surface area contributed by atoms with Gasteiger partial charge in [-0.05, 0) is 41.5 Å². The molecule has 4 rings (SSSR count). The molecule has 0 saturated heterocycles. The first-order chi connectivity index (χ1) is 16.6. The van der Waals surface area contributed by atoms with Gasteiger partial charge in [-0.25, -0.2) is 9.37 Å². The molecule has 34 heavy (non-hydrogen) atoms. The van der Waals surface area contributed by atoms with Crippen LogP contribution in [0.2, 0.25) is 0 Å². The van der Waals surface area contributed by atoms with E-state index in [-0.39, 0.29) is 17.1 Å². The first-order valence-electron chi connectivity index (χ1n) is 10.3. The third kappa shape index (κ3) is 5.45. The number of ether oxygens (including phenoxy) is 2. The summed E-state index contributed by atoms with van der Waals surface area (Å²) in [7, 11) is 1.52. The van der Waals surface area contributed by atoms with Gasteiger partial charge in [-0.3, -0.25) is 4.79 Å². The van der Waals surface area contributed by atoms with Crippen molar-refractivity contribution in [3.63, 3.8) is 0 Å². The lowest BCUT2D eigenvalue weighted by Gasteiger charge is -2.13. The molecule has 3 aromatic carbocycles. The van der Waals surface area contributed by atoms with Crippen molar-refractivity contribution in [1.29, 1.82) is 5.26 Å². The normalized spacial score (nSPS) is 10.5. The van der Waals surface area contributed by atoms with Crippen LogP contribution in [0.4, 0.5) is 4.39 Å². The lowest BCUT2D eigenvalue weighted by molar-refractivity contribution is 0.284. The van der Waals surface area contributed by atoms with Gasteiger partial charge >= 0.3 is 0 Å². The highest BCUT2D eigenvalue weighted by Crippen LogP contribution is 2.33. The molecule has 0 aliphatic carbocycles. The van der Waals surface area contributed by atoms with E-state index in [1.54, 1.807) is 30.3 Å². The number of aromatic nitrogens is 2. The molecule has 1 aromatic heterocycles. The average molecular weight is 474 g/mol. The lowest BCUT2D eigenvalue weighted by atomic mass is 10.1. The van der Waals surface area contributed by atoms with Crippen molar-refractivity contribution in [2.75, 3.05) is 7.11 Å². The third-order valence-corrected chi connectivity index (χ3v) is 5.92. The van der Waals surface area contributed by atoms with Crippen LogP contribution < -0.4 is 15.0 Å². The maximum absolute atomic E-state index is 13.1. The Labute approximate surface area is 200 Å². The summed E-state index contributed by atoms with van der Waals surface area (Å²) in [6.07, 6.45) is 0. The zero-order chi connectivity index (χ0) is 23.9. The maximum atomic E-state index is 13.1. The number of thioether (sulfide) groups is 1. The Morgan fingerprint density at radius 3 is 2.50 bits per heavy atom. The number of rotatable bonds is 8. The van der Waals surface area contributed by atoms with E-state index >= 15 is 0 Å². The third-order valence-electron chi connectivity index (χ3n) is 4.97. The van der Waals surface area contributed by atoms with E-state index < -0.39 is 5.56 Å². The van der Waals surface area contributed by atoms with Gasteiger partial charge < -0.3 is 14.5 Å². The molecule has 1 N–H and O–H groups in total. The van der Waals surface area contributed by atoms with Gasteiger partial charge in [0.1, 0.15) is 24.1 Å². The Morgan fingerprint density at radius 1 is 1.03 bits per heavy atom. The molecule has 8 heteroatoms. The van der Waals surface area contributed by atoms with Crippen LogP contribution in [-0.4, -0.2) is 17.1 Å². The van der Waals surface area contributed by atoms with Crippen LogP contribution >= 0.6 is 11.8 Å². The molecule has 1 heterocycles. The van der Waals surface area contributed by atoms with Crippen molar-refractivity contribution in [3.05, 3.63) is 106 Å². The highest BCUT2D eigenvalue weighted by atomic mass is 32.2. The minimum Gasteiger partial charge on any atom is -0.493 e. The summed E-state index contributed by atoms with van der Waals surface area (Å²) in [5, 5.41) is 9.92. The largest absolute Gasteiger partial charge is 0.493 e. The minimum atomic E-state index is -0.530. The summed E-state index contributed by atoms with van der Waals surface area (Å²) in [5.74, 6) is 1.15. The predicted molar refractivity (Wildman–Crippen MR) is 128 cm³/mol. The molecule has 0 amide bonds. The van der Waals surface area contributed by atoms with Crippen molar-refractivity contribution in [3.8, 4) is 28.8 Å². The fraction of sp³-hybridized carbons (Fsp3) is 0.115. The molecular weight excluding hydrogens is 453 g/mol. The Morgan fingerprint density at radius 2 is 1.79 bits per heavy atom. The summed E-state index contributed by atoms with van der Waals surface area (Å²) < 4.78 is 24.5. The van der Waals surface area contributed by atoms with Crippen molar-refractivity contribution in [1.82, 2.24) is 9.97 Å². The van der Waals surface area contributed by atoms with E-state index in [9.17, 15) is 14.4 Å². The van der Waals surface area contributed by atoms with Crippen molar-refractivity contribution < 1.29 is 13.9 Å². The van der Waals surface area contributed by atoms with Crippen LogP contribution in [0.25, 0.3) is 11.3 Å². The molecule has 4 aromatic rings. The number of H-pyrrole nitrogens is 1. The van der Waals surface area contributed by atoms with E-state index in [1.807, 2.05) is 36.4 Å². The number of methoxy groups -OCH3 is 1. The topological polar surface area (TPSA) is 88.0 Å². The number of nitrogens with one attached hydrogen (secondary N) is 1. The van der Waals surface area contributed by atoms with E-state index in [2.05, 4.69) is 9.97 Å². The number of nitriles is 1. The molecule has 0 fully saturated rings. The van der Waals surface area contributed by atoms with E-state index in [4.69, 9.17) is 9.47 Å². The van der Waals surface area contributed by atoms with Crippen molar-refractivity contribution in [2.24, 2.45) is 0 Å². The van der Waals surface area contributed by atoms with E-state index in [0.29, 0.717) is 34.6 Å². The first kappa shape index (κ1) is 23.1. The van der Waals surface area contributed by atoms with Gasteiger partial charge in [0.25, 0.3) is 5.56 Å². The quantitative estimate of drug-likeness (QED) is 0.275. The molecule has 6 nitrogen and oxygen atoms in total. The standard InChI is InChI=1S/C26H20FN3O3S/c1-32-23-13-19(9-12-22(23)33-15-17-5-3-2-4-6-17)24-21(14-28)25(31)30-26(29-24)34-16-18-7-10-20(27)11-8-18/h2-13H,15-16H2,1H3,(H,29,30,31). The molecule has 170 valence electrons. The second-order valence-corrected chi connectivity index (χ2v) is 8.23. The zero-order valence-electron chi connectivity index (χ0n) is 18.2. The monoisotopic (exact) mass is 473 g/mol. The Hall–Kier alpha value is -4.09. The molecule has 0 radical (unpaired) electrons. The highest BCUT2D eigenvalue weighted by Gasteiger charge is 2.16. The van der Waals surface area contributed by atoms with Gasteiger partial charge in [-0.2, -0.15) is 5.26 Å². The molecule has 0 aliphatic heterocycles. The number of aromatic amines is 1. The van der Waals surface area contributed by atoms with Crippen molar-refractivity contribution >= 4 is 11.8 Å². The Bertz CT molecular complexity index is 1380. The Balaban J connectivity index is 1.61. The molecule has 0 unspecified atom stereocenters. The van der Waals surface area contributed by atoms with Crippen LogP contribution in [0.15, 0.2) is 82.7 Å². The summed E-state index contributed by atoms with van der Waals surface area (Å²) in [6, 6.07) is 22.9. The van der Waals surface area contributed by atoms with Gasteiger partial charge in [0, 0.05) is 11.3 Å². The van der Waals surface area contributed by atoms with Gasteiger partial charge in [0.2, 0.25) is 0 Å². The van der Waals surface area contributed by atoms with Crippen LogP contribution in [0.1, 0.15) is 16.7 Å². The highest BCUT2D eigenvalue weighted by molar-refractivity contribution is 7.98. The predicted octanol–water partition coefficient (Wildman–Crippen LogP) is 5.33.